The van der Waals surface area contributed by atoms with Crippen LogP contribution in [0.3, 0.4) is 0 Å². The molecule has 4 aromatic rings. The molecule has 4 rings (SSSR count). The van der Waals surface area contributed by atoms with E-state index in [0.29, 0.717) is 20.6 Å². The number of aromatic nitrogens is 2. The first-order valence-electron chi connectivity index (χ1n) is 8.74. The summed E-state index contributed by atoms with van der Waals surface area (Å²) in [6, 6.07) is 13.0. The van der Waals surface area contributed by atoms with Gasteiger partial charge in [0.05, 0.1) is 27.6 Å². The number of hydrogen-bond donors (Lipinski definition) is 0. The highest BCUT2D eigenvalue weighted by Crippen LogP contribution is 2.29. The second-order valence-corrected chi connectivity index (χ2v) is 7.91. The predicted octanol–water partition coefficient (Wildman–Crippen LogP) is 6.32. The second-order valence-electron chi connectivity index (χ2n) is 6.26. The Kier molecular flexibility index (Phi) is 5.67. The fourth-order valence-corrected chi connectivity index (χ4v) is 3.83. The van der Waals surface area contributed by atoms with Gasteiger partial charge in [-0.2, -0.15) is 5.10 Å². The van der Waals surface area contributed by atoms with E-state index in [1.807, 2.05) is 55.6 Å². The van der Waals surface area contributed by atoms with Gasteiger partial charge >= 0.3 is 0 Å². The van der Waals surface area contributed by atoms with Gasteiger partial charge in [0.25, 0.3) is 0 Å². The number of thiazole rings is 1. The van der Waals surface area contributed by atoms with Crippen LogP contribution in [0.25, 0.3) is 11.3 Å². The Bertz CT molecular complexity index is 1260. The van der Waals surface area contributed by atoms with E-state index in [2.05, 4.69) is 4.98 Å². The summed E-state index contributed by atoms with van der Waals surface area (Å²) < 4.78 is 7.49. The highest BCUT2D eigenvalue weighted by atomic mass is 35.5. The van der Waals surface area contributed by atoms with E-state index in [1.165, 1.54) is 11.3 Å². The number of rotatable bonds is 4. The predicted molar refractivity (Wildman–Crippen MR) is 118 cm³/mol. The van der Waals surface area contributed by atoms with Crippen LogP contribution in [-0.2, 0) is 0 Å². The lowest BCUT2D eigenvalue weighted by Gasteiger charge is -2.06. The first-order chi connectivity index (χ1) is 14.0. The Hall–Kier alpha value is -2.67. The minimum absolute atomic E-state index is 0.482. The van der Waals surface area contributed by atoms with Gasteiger partial charge in [0.1, 0.15) is 17.2 Å². The lowest BCUT2D eigenvalue weighted by Crippen LogP contribution is -2.13. The van der Waals surface area contributed by atoms with Gasteiger partial charge in [0, 0.05) is 17.1 Å². The summed E-state index contributed by atoms with van der Waals surface area (Å²) in [6.45, 7) is 3.80. The number of halogens is 2. The maximum atomic E-state index is 6.24. The summed E-state index contributed by atoms with van der Waals surface area (Å²) in [5, 5.41) is 7.76. The molecule has 0 aliphatic carbocycles. The maximum absolute atomic E-state index is 6.24. The minimum atomic E-state index is 0.482. The highest BCUT2D eigenvalue weighted by Gasteiger charge is 2.12. The summed E-state index contributed by atoms with van der Waals surface area (Å²) in [6.07, 6.45) is 3.42. The van der Waals surface area contributed by atoms with Crippen molar-refractivity contribution in [3.8, 4) is 11.3 Å². The van der Waals surface area contributed by atoms with E-state index in [1.54, 1.807) is 23.1 Å². The quantitative estimate of drug-likeness (QED) is 0.347. The van der Waals surface area contributed by atoms with Crippen LogP contribution in [0, 0.1) is 6.92 Å². The third-order valence-electron chi connectivity index (χ3n) is 4.12. The van der Waals surface area contributed by atoms with E-state index < -0.39 is 0 Å². The van der Waals surface area contributed by atoms with Crippen LogP contribution in [0.2, 0.25) is 10.0 Å². The van der Waals surface area contributed by atoms with Crippen LogP contribution in [0.4, 0.5) is 5.69 Å². The average Bonchev–Trinajstić information content (AvgIpc) is 3.32. The molecule has 0 unspecified atom stereocenters. The molecule has 0 saturated heterocycles. The highest BCUT2D eigenvalue weighted by molar-refractivity contribution is 7.07. The largest absolute Gasteiger partial charge is 0.460 e. The molecule has 0 N–H and O–H groups in total. The standard InChI is InChI=1S/C21H16Cl2N4OS/c1-13-5-8-20(28-13)14(2)26-27-19(15-6-7-17(22)18(23)10-15)12-29-21(27)25-16-4-3-9-24-11-16/h3-12H,1-2H3. The third-order valence-corrected chi connectivity index (χ3v) is 5.67. The van der Waals surface area contributed by atoms with Gasteiger partial charge in [-0.05, 0) is 50.2 Å². The number of aryl methyl sites for hydroxylation is 1. The summed E-state index contributed by atoms with van der Waals surface area (Å²) in [5.74, 6) is 1.53. The molecule has 0 saturated carbocycles. The molecule has 0 aliphatic rings. The second kappa shape index (κ2) is 8.37. The molecule has 0 spiro atoms. The summed E-state index contributed by atoms with van der Waals surface area (Å²) in [5.41, 5.74) is 3.20. The van der Waals surface area contributed by atoms with Crippen LogP contribution < -0.4 is 4.80 Å². The Morgan fingerprint density at radius 3 is 2.69 bits per heavy atom. The molecule has 0 radical (unpaired) electrons. The third kappa shape index (κ3) is 4.34. The first-order valence-corrected chi connectivity index (χ1v) is 10.4. The van der Waals surface area contributed by atoms with Crippen molar-refractivity contribution in [2.45, 2.75) is 13.8 Å². The van der Waals surface area contributed by atoms with Crippen LogP contribution in [0.5, 0.6) is 0 Å². The normalized spacial score (nSPS) is 12.6. The molecule has 146 valence electrons. The Labute approximate surface area is 181 Å². The van der Waals surface area contributed by atoms with Crippen molar-refractivity contribution in [2.75, 3.05) is 0 Å². The Morgan fingerprint density at radius 2 is 2.00 bits per heavy atom. The van der Waals surface area contributed by atoms with Crippen molar-refractivity contribution in [3.63, 3.8) is 0 Å². The monoisotopic (exact) mass is 442 g/mol. The molecule has 8 heteroatoms. The molecule has 29 heavy (non-hydrogen) atoms. The van der Waals surface area contributed by atoms with Crippen molar-refractivity contribution >= 4 is 45.9 Å². The number of furan rings is 1. The number of hydrogen-bond acceptors (Lipinski definition) is 5. The van der Waals surface area contributed by atoms with Crippen LogP contribution in [0.15, 0.2) is 74.7 Å². The van der Waals surface area contributed by atoms with Crippen molar-refractivity contribution in [1.82, 2.24) is 9.66 Å². The van der Waals surface area contributed by atoms with Crippen molar-refractivity contribution in [3.05, 3.63) is 86.6 Å². The van der Waals surface area contributed by atoms with E-state index in [9.17, 15) is 0 Å². The van der Waals surface area contributed by atoms with Gasteiger partial charge in [-0.25, -0.2) is 9.67 Å². The van der Waals surface area contributed by atoms with Gasteiger partial charge in [0.2, 0.25) is 4.80 Å². The molecule has 0 amide bonds. The topological polar surface area (TPSA) is 55.7 Å². The summed E-state index contributed by atoms with van der Waals surface area (Å²) >= 11 is 13.8. The summed E-state index contributed by atoms with van der Waals surface area (Å²) in [7, 11) is 0. The fourth-order valence-electron chi connectivity index (χ4n) is 2.69. The lowest BCUT2D eigenvalue weighted by atomic mass is 10.2. The van der Waals surface area contributed by atoms with E-state index >= 15 is 0 Å². The zero-order valence-electron chi connectivity index (χ0n) is 15.6. The van der Waals surface area contributed by atoms with Gasteiger partial charge in [-0.1, -0.05) is 29.3 Å². The van der Waals surface area contributed by atoms with Crippen molar-refractivity contribution in [2.24, 2.45) is 10.1 Å². The average molecular weight is 443 g/mol. The molecule has 3 aromatic heterocycles. The Balaban J connectivity index is 1.90. The first kappa shape index (κ1) is 19.6. The molecule has 0 bridgehead atoms. The fraction of sp³-hybridized carbons (Fsp3) is 0.0952. The van der Waals surface area contributed by atoms with Gasteiger partial charge < -0.3 is 4.42 Å². The molecule has 0 fully saturated rings. The number of benzene rings is 1. The van der Waals surface area contributed by atoms with Crippen molar-refractivity contribution in [1.29, 1.82) is 0 Å². The minimum Gasteiger partial charge on any atom is -0.460 e. The van der Waals surface area contributed by atoms with Crippen LogP contribution in [-0.4, -0.2) is 15.4 Å². The van der Waals surface area contributed by atoms with Gasteiger partial charge in [0.15, 0.2) is 0 Å². The van der Waals surface area contributed by atoms with E-state index in [-0.39, 0.29) is 0 Å². The molecule has 0 aliphatic heterocycles. The van der Waals surface area contributed by atoms with E-state index in [4.69, 9.17) is 37.7 Å². The number of pyridine rings is 1. The summed E-state index contributed by atoms with van der Waals surface area (Å²) in [4.78, 5) is 9.52. The van der Waals surface area contributed by atoms with Crippen molar-refractivity contribution < 1.29 is 4.42 Å². The van der Waals surface area contributed by atoms with Crippen LogP contribution >= 0.6 is 34.5 Å². The van der Waals surface area contributed by atoms with Crippen LogP contribution in [0.1, 0.15) is 18.4 Å². The molecule has 3 heterocycles. The zero-order valence-corrected chi connectivity index (χ0v) is 18.0. The molecule has 0 atom stereocenters. The smallest absolute Gasteiger partial charge is 0.211 e. The molecule has 1 aromatic carbocycles. The van der Waals surface area contributed by atoms with Gasteiger partial charge in [-0.15, -0.1) is 11.3 Å². The Morgan fingerprint density at radius 1 is 1.14 bits per heavy atom. The maximum Gasteiger partial charge on any atom is 0.211 e. The van der Waals surface area contributed by atoms with E-state index in [0.717, 1.165) is 28.4 Å². The lowest BCUT2D eigenvalue weighted by molar-refractivity contribution is 0.524. The number of nitrogens with zero attached hydrogens (tertiary/aromatic N) is 4. The van der Waals surface area contributed by atoms with Gasteiger partial charge in [-0.3, -0.25) is 4.98 Å². The molecular formula is C21H16Cl2N4OS. The SMILES string of the molecule is CC(=Nn1c(-c2ccc(Cl)c(Cl)c2)csc1=Nc1cccnc1)c1ccc(C)o1. The molecular weight excluding hydrogens is 427 g/mol. The zero-order chi connectivity index (χ0) is 20.4. The molecule has 5 nitrogen and oxygen atoms in total.